The summed E-state index contributed by atoms with van der Waals surface area (Å²) in [6, 6.07) is 0. The van der Waals surface area contributed by atoms with E-state index in [1.54, 1.807) is 40.7 Å². The average Bonchev–Trinajstić information content (AvgIpc) is 3.07. The summed E-state index contributed by atoms with van der Waals surface area (Å²) in [6.45, 7) is 7.86. The second-order valence-corrected chi connectivity index (χ2v) is 11.8. The van der Waals surface area contributed by atoms with Gasteiger partial charge < -0.3 is 9.47 Å². The Kier molecular flexibility index (Phi) is 6.67. The number of fused-ring (bicyclic) bond motifs is 5. The van der Waals surface area contributed by atoms with Crippen molar-refractivity contribution in [1.82, 2.24) is 0 Å². The first kappa shape index (κ1) is 27.4. The van der Waals surface area contributed by atoms with Crippen LogP contribution in [-0.2, 0) is 38.2 Å². The van der Waals surface area contributed by atoms with E-state index in [0.29, 0.717) is 6.42 Å². The highest BCUT2D eigenvalue weighted by Crippen LogP contribution is 2.70. The molecule has 4 rings (SSSR count). The lowest BCUT2D eigenvalue weighted by Gasteiger charge is -2.60. The van der Waals surface area contributed by atoms with E-state index in [4.69, 9.17) is 21.1 Å². The first-order valence-electron chi connectivity index (χ1n) is 12.8. The van der Waals surface area contributed by atoms with Crippen LogP contribution in [0.2, 0.25) is 0 Å². The highest BCUT2D eigenvalue weighted by atomic mass is 35.5. The fraction of sp³-hybridized carbons (Fsp3) is 0.643. The number of esters is 2. The summed E-state index contributed by atoms with van der Waals surface area (Å²) in [5.74, 6) is -4.35. The summed E-state index contributed by atoms with van der Waals surface area (Å²) < 4.78 is 11.1. The molecule has 0 N–H and O–H groups in total. The molecule has 37 heavy (non-hydrogen) atoms. The van der Waals surface area contributed by atoms with Crippen molar-refractivity contribution in [2.75, 3.05) is 6.61 Å². The molecular formula is C28H33ClO8. The SMILES string of the molecule is CCC(=O)OCC(=O)[C@]1(OC(=O)CC)[C@@H](C)C[C@H]2[C@@H]3CC(=O)C4=CC(=O)C=C[C@]4(C)[C@@]3(Cl)C(=O)C[C@@]21C. The van der Waals surface area contributed by atoms with Crippen molar-refractivity contribution < 1.29 is 38.2 Å². The van der Waals surface area contributed by atoms with Gasteiger partial charge in [0.25, 0.3) is 0 Å². The Bertz CT molecular complexity index is 1170. The molecule has 0 heterocycles. The van der Waals surface area contributed by atoms with Crippen LogP contribution in [0.25, 0.3) is 0 Å². The Morgan fingerprint density at radius 2 is 1.70 bits per heavy atom. The minimum atomic E-state index is -1.73. The summed E-state index contributed by atoms with van der Waals surface area (Å²) in [4.78, 5) is 76.4. The summed E-state index contributed by atoms with van der Waals surface area (Å²) >= 11 is 7.29. The van der Waals surface area contributed by atoms with Gasteiger partial charge in [-0.3, -0.25) is 28.8 Å². The van der Waals surface area contributed by atoms with E-state index in [2.05, 4.69) is 0 Å². The summed E-state index contributed by atoms with van der Waals surface area (Å²) in [7, 11) is 0. The van der Waals surface area contributed by atoms with E-state index >= 15 is 0 Å². The van der Waals surface area contributed by atoms with E-state index in [9.17, 15) is 28.8 Å². The van der Waals surface area contributed by atoms with Gasteiger partial charge in [-0.1, -0.05) is 33.8 Å². The van der Waals surface area contributed by atoms with Crippen LogP contribution in [0.5, 0.6) is 0 Å². The molecule has 3 saturated carbocycles. The van der Waals surface area contributed by atoms with Gasteiger partial charge in [0.1, 0.15) is 4.87 Å². The number of halogens is 1. The number of ether oxygens (including phenoxy) is 2. The van der Waals surface area contributed by atoms with E-state index in [1.807, 2.05) is 0 Å². The molecular weight excluding hydrogens is 500 g/mol. The lowest BCUT2D eigenvalue weighted by molar-refractivity contribution is -0.196. The summed E-state index contributed by atoms with van der Waals surface area (Å²) in [5.41, 5.74) is -3.89. The minimum absolute atomic E-state index is 0.0115. The fourth-order valence-electron chi connectivity index (χ4n) is 7.57. The van der Waals surface area contributed by atoms with Gasteiger partial charge in [0.05, 0.1) is 0 Å². The Labute approximate surface area is 221 Å². The molecule has 0 aromatic rings. The monoisotopic (exact) mass is 532 g/mol. The zero-order valence-electron chi connectivity index (χ0n) is 21.9. The van der Waals surface area contributed by atoms with Gasteiger partial charge in [0, 0.05) is 48.0 Å². The van der Waals surface area contributed by atoms with Gasteiger partial charge >= 0.3 is 11.9 Å². The van der Waals surface area contributed by atoms with Crippen LogP contribution in [0.3, 0.4) is 0 Å². The van der Waals surface area contributed by atoms with Crippen molar-refractivity contribution in [3.8, 4) is 0 Å². The predicted octanol–water partition coefficient (Wildman–Crippen LogP) is 3.47. The van der Waals surface area contributed by atoms with E-state index in [1.165, 1.54) is 12.2 Å². The average molecular weight is 533 g/mol. The molecule has 0 unspecified atom stereocenters. The van der Waals surface area contributed by atoms with Crippen molar-refractivity contribution >= 4 is 46.7 Å². The Morgan fingerprint density at radius 3 is 2.32 bits per heavy atom. The zero-order chi connectivity index (χ0) is 27.6. The number of Topliss-reactive ketones (excluding diaryl/α,β-unsaturated/α-hetero) is 3. The second-order valence-electron chi connectivity index (χ2n) is 11.2. The van der Waals surface area contributed by atoms with Crippen molar-refractivity contribution in [3.05, 3.63) is 23.8 Å². The van der Waals surface area contributed by atoms with Gasteiger partial charge in [-0.25, -0.2) is 0 Å². The highest BCUT2D eigenvalue weighted by Gasteiger charge is 2.77. The van der Waals surface area contributed by atoms with Crippen molar-refractivity contribution in [2.45, 2.75) is 77.2 Å². The highest BCUT2D eigenvalue weighted by molar-refractivity contribution is 6.38. The lowest BCUT2D eigenvalue weighted by atomic mass is 9.46. The lowest BCUT2D eigenvalue weighted by Crippen LogP contribution is -2.69. The molecule has 0 bridgehead atoms. The number of hydrogen-bond donors (Lipinski definition) is 0. The predicted molar refractivity (Wildman–Crippen MR) is 132 cm³/mol. The quantitative estimate of drug-likeness (QED) is 0.376. The van der Waals surface area contributed by atoms with Crippen LogP contribution in [0.4, 0.5) is 0 Å². The molecule has 9 heteroatoms. The molecule has 4 aliphatic carbocycles. The topological polar surface area (TPSA) is 121 Å². The maximum atomic E-state index is 14.1. The number of ketones is 4. The van der Waals surface area contributed by atoms with Crippen LogP contribution in [0, 0.1) is 28.6 Å². The normalized spacial score (nSPS) is 40.3. The van der Waals surface area contributed by atoms with Crippen LogP contribution in [0.15, 0.2) is 23.8 Å². The first-order chi connectivity index (χ1) is 17.2. The molecule has 7 atom stereocenters. The largest absolute Gasteiger partial charge is 0.457 e. The molecule has 200 valence electrons. The van der Waals surface area contributed by atoms with E-state index < -0.39 is 63.4 Å². The summed E-state index contributed by atoms with van der Waals surface area (Å²) in [6.07, 6.45) is 4.37. The van der Waals surface area contributed by atoms with Gasteiger partial charge in [-0.05, 0) is 37.3 Å². The standard InChI is InChI=1S/C28H33ClO8/c1-6-23(34)36-14-22(33)28(37-24(35)7-2)15(3)10-17-18-12-20(31)19-11-16(30)8-9-25(19,4)27(18,29)21(32)13-26(17,28)5/h8-9,11,15,17-18H,6-7,10,12-14H2,1-5H3/t15-,17-,18-,25-,26-,27-,28+/m0/s1. The number of carbonyl (C=O) groups is 6. The number of carbonyl (C=O) groups excluding carboxylic acids is 6. The smallest absolute Gasteiger partial charge is 0.306 e. The maximum Gasteiger partial charge on any atom is 0.306 e. The molecule has 8 nitrogen and oxygen atoms in total. The van der Waals surface area contributed by atoms with Crippen molar-refractivity contribution in [3.63, 3.8) is 0 Å². The molecule has 0 aromatic carbocycles. The van der Waals surface area contributed by atoms with Gasteiger partial charge in [0.2, 0.25) is 5.78 Å². The maximum absolute atomic E-state index is 14.1. The second kappa shape index (κ2) is 9.00. The van der Waals surface area contributed by atoms with E-state index in [-0.39, 0.29) is 48.6 Å². The van der Waals surface area contributed by atoms with Crippen LogP contribution < -0.4 is 0 Å². The van der Waals surface area contributed by atoms with Crippen LogP contribution in [-0.4, -0.2) is 52.2 Å². The third-order valence-corrected chi connectivity index (χ3v) is 10.3. The molecule has 4 aliphatic rings. The Morgan fingerprint density at radius 1 is 1.05 bits per heavy atom. The van der Waals surface area contributed by atoms with Crippen LogP contribution >= 0.6 is 11.6 Å². The van der Waals surface area contributed by atoms with Gasteiger partial charge in [-0.2, -0.15) is 0 Å². The first-order valence-corrected chi connectivity index (χ1v) is 13.2. The zero-order valence-corrected chi connectivity index (χ0v) is 22.6. The molecule has 0 amide bonds. The molecule has 3 fully saturated rings. The molecule has 0 spiro atoms. The van der Waals surface area contributed by atoms with Crippen molar-refractivity contribution in [1.29, 1.82) is 0 Å². The molecule has 0 saturated heterocycles. The Balaban J connectivity index is 1.85. The number of alkyl halides is 1. The van der Waals surface area contributed by atoms with Gasteiger partial charge in [-0.15, -0.1) is 11.6 Å². The van der Waals surface area contributed by atoms with Crippen LogP contribution in [0.1, 0.15) is 66.7 Å². The third kappa shape index (κ3) is 3.54. The number of hydrogen-bond acceptors (Lipinski definition) is 8. The van der Waals surface area contributed by atoms with Gasteiger partial charge in [0.15, 0.2) is 29.6 Å². The third-order valence-electron chi connectivity index (χ3n) is 9.42. The number of rotatable bonds is 6. The minimum Gasteiger partial charge on any atom is -0.457 e. The molecule has 0 aliphatic heterocycles. The Hall–Kier alpha value is -2.61. The molecule has 0 aromatic heterocycles. The van der Waals surface area contributed by atoms with E-state index in [0.717, 1.165) is 0 Å². The van der Waals surface area contributed by atoms with Crippen molar-refractivity contribution in [2.24, 2.45) is 28.6 Å². The molecule has 0 radical (unpaired) electrons. The summed E-state index contributed by atoms with van der Waals surface area (Å²) in [5, 5.41) is 0. The number of allylic oxidation sites excluding steroid dienone is 4. The fourth-order valence-corrected chi connectivity index (χ4v) is 8.03.